The van der Waals surface area contributed by atoms with Gasteiger partial charge in [-0.2, -0.15) is 0 Å². The summed E-state index contributed by atoms with van der Waals surface area (Å²) in [6, 6.07) is 0. The summed E-state index contributed by atoms with van der Waals surface area (Å²) in [6.07, 6.45) is 0. The molecule has 0 aromatic carbocycles. The maximum atomic E-state index is 12.1. The van der Waals surface area contributed by atoms with Crippen molar-refractivity contribution in [3.05, 3.63) is 0 Å². The van der Waals surface area contributed by atoms with Crippen molar-refractivity contribution in [1.82, 2.24) is 0 Å². The Bertz CT molecular complexity index is 153. The molecule has 3 nitrogen and oxygen atoms in total. The standard InChI is InChI=1S/C7H12F2O3/c1-5(6(10)11)3-12-4-7(2,8)9/h5H,3-4H2,1-2H3,(H,10,11). The third-order valence-electron chi connectivity index (χ3n) is 1.14. The first-order valence-electron chi connectivity index (χ1n) is 3.51. The van der Waals surface area contributed by atoms with Gasteiger partial charge in [-0.1, -0.05) is 0 Å². The quantitative estimate of drug-likeness (QED) is 0.698. The van der Waals surface area contributed by atoms with Gasteiger partial charge in [-0.3, -0.25) is 4.79 Å². The predicted octanol–water partition coefficient (Wildman–Crippen LogP) is 1.38. The minimum absolute atomic E-state index is 0.182. The van der Waals surface area contributed by atoms with Crippen molar-refractivity contribution in [3.63, 3.8) is 0 Å². The largest absolute Gasteiger partial charge is 0.481 e. The first kappa shape index (κ1) is 11.3. The van der Waals surface area contributed by atoms with Gasteiger partial charge >= 0.3 is 5.97 Å². The number of aliphatic carboxylic acids is 1. The first-order chi connectivity index (χ1) is 5.33. The van der Waals surface area contributed by atoms with Crippen LogP contribution in [-0.2, 0) is 9.53 Å². The number of hydrogen-bond acceptors (Lipinski definition) is 2. The number of ether oxygens (including phenoxy) is 1. The van der Waals surface area contributed by atoms with Crippen molar-refractivity contribution in [2.75, 3.05) is 13.2 Å². The second kappa shape index (κ2) is 4.35. The molecule has 1 atom stereocenters. The maximum absolute atomic E-state index is 12.1. The highest BCUT2D eigenvalue weighted by molar-refractivity contribution is 5.69. The molecular weight excluding hydrogens is 170 g/mol. The Labute approximate surface area is 69.3 Å². The van der Waals surface area contributed by atoms with Gasteiger partial charge in [0.1, 0.15) is 6.61 Å². The average Bonchev–Trinajstić information content (AvgIpc) is 1.84. The molecule has 1 N–H and O–H groups in total. The summed E-state index contributed by atoms with van der Waals surface area (Å²) in [5.74, 6) is -4.68. The fraction of sp³-hybridized carbons (Fsp3) is 0.857. The molecule has 0 aliphatic carbocycles. The number of carbonyl (C=O) groups is 1. The zero-order chi connectivity index (χ0) is 9.78. The summed E-state index contributed by atoms with van der Waals surface area (Å²) in [7, 11) is 0. The fourth-order valence-electron chi connectivity index (χ4n) is 0.486. The van der Waals surface area contributed by atoms with Gasteiger partial charge in [-0.15, -0.1) is 0 Å². The van der Waals surface area contributed by atoms with E-state index in [1.165, 1.54) is 6.92 Å². The van der Waals surface area contributed by atoms with E-state index in [4.69, 9.17) is 5.11 Å². The molecule has 0 aliphatic rings. The lowest BCUT2D eigenvalue weighted by atomic mass is 10.2. The number of alkyl halides is 2. The van der Waals surface area contributed by atoms with Crippen LogP contribution in [0.3, 0.4) is 0 Å². The molecule has 0 radical (unpaired) electrons. The number of carboxylic acid groups (broad SMARTS) is 1. The minimum Gasteiger partial charge on any atom is -0.481 e. The number of hydrogen-bond donors (Lipinski definition) is 1. The summed E-state index contributed by atoms with van der Waals surface area (Å²) in [5.41, 5.74) is 0. The highest BCUT2D eigenvalue weighted by Crippen LogP contribution is 2.11. The van der Waals surface area contributed by atoms with Gasteiger partial charge in [0.25, 0.3) is 5.92 Å². The Morgan fingerprint density at radius 2 is 2.17 bits per heavy atom. The van der Waals surface area contributed by atoms with Crippen LogP contribution in [0.5, 0.6) is 0 Å². The second-order valence-corrected chi connectivity index (χ2v) is 2.82. The lowest BCUT2D eigenvalue weighted by Gasteiger charge is -2.12. The molecule has 0 aliphatic heterocycles. The van der Waals surface area contributed by atoms with Crippen LogP contribution in [-0.4, -0.2) is 30.2 Å². The highest BCUT2D eigenvalue weighted by Gasteiger charge is 2.22. The highest BCUT2D eigenvalue weighted by atomic mass is 19.3. The molecule has 0 heterocycles. The summed E-state index contributed by atoms with van der Waals surface area (Å²) in [6.45, 7) is 1.21. The van der Waals surface area contributed by atoms with E-state index in [0.29, 0.717) is 0 Å². The molecule has 0 saturated heterocycles. The van der Waals surface area contributed by atoms with Crippen LogP contribution in [0.1, 0.15) is 13.8 Å². The third kappa shape index (κ3) is 6.03. The normalized spacial score (nSPS) is 14.3. The molecule has 72 valence electrons. The lowest BCUT2D eigenvalue weighted by Crippen LogP contribution is -2.23. The Hall–Kier alpha value is -0.710. The zero-order valence-corrected chi connectivity index (χ0v) is 7.01. The molecule has 5 heteroatoms. The van der Waals surface area contributed by atoms with Crippen molar-refractivity contribution in [2.45, 2.75) is 19.8 Å². The van der Waals surface area contributed by atoms with E-state index in [2.05, 4.69) is 4.74 Å². The van der Waals surface area contributed by atoms with E-state index in [0.717, 1.165) is 6.92 Å². The van der Waals surface area contributed by atoms with E-state index in [1.54, 1.807) is 0 Å². The summed E-state index contributed by atoms with van der Waals surface area (Å²) >= 11 is 0. The van der Waals surface area contributed by atoms with E-state index in [1.807, 2.05) is 0 Å². The van der Waals surface area contributed by atoms with E-state index >= 15 is 0 Å². The summed E-state index contributed by atoms with van der Waals surface area (Å²) < 4.78 is 28.7. The van der Waals surface area contributed by atoms with Gasteiger partial charge < -0.3 is 9.84 Å². The molecule has 0 aromatic heterocycles. The molecule has 0 spiro atoms. The third-order valence-corrected chi connectivity index (χ3v) is 1.14. The number of rotatable bonds is 5. The first-order valence-corrected chi connectivity index (χ1v) is 3.51. The molecule has 0 amide bonds. The number of carboxylic acids is 1. The smallest absolute Gasteiger partial charge is 0.308 e. The zero-order valence-electron chi connectivity index (χ0n) is 7.01. The SMILES string of the molecule is CC(COCC(C)(F)F)C(=O)O. The van der Waals surface area contributed by atoms with Crippen LogP contribution in [0.25, 0.3) is 0 Å². The van der Waals surface area contributed by atoms with Gasteiger partial charge in [-0.25, -0.2) is 8.78 Å². The Kier molecular flexibility index (Phi) is 4.09. The van der Waals surface area contributed by atoms with Crippen molar-refractivity contribution in [2.24, 2.45) is 5.92 Å². The minimum atomic E-state index is -2.89. The van der Waals surface area contributed by atoms with Gasteiger partial charge in [-0.05, 0) is 6.92 Å². The Morgan fingerprint density at radius 1 is 1.67 bits per heavy atom. The van der Waals surface area contributed by atoms with Crippen LogP contribution >= 0.6 is 0 Å². The van der Waals surface area contributed by atoms with Crippen LogP contribution < -0.4 is 0 Å². The van der Waals surface area contributed by atoms with Crippen LogP contribution in [0, 0.1) is 5.92 Å². The molecule has 1 unspecified atom stereocenters. The van der Waals surface area contributed by atoms with Crippen LogP contribution in [0.15, 0.2) is 0 Å². The van der Waals surface area contributed by atoms with E-state index in [9.17, 15) is 13.6 Å². The fourth-order valence-corrected chi connectivity index (χ4v) is 0.486. The predicted molar refractivity (Wildman–Crippen MR) is 38.2 cm³/mol. The van der Waals surface area contributed by atoms with Gasteiger partial charge in [0.2, 0.25) is 0 Å². The van der Waals surface area contributed by atoms with E-state index in [-0.39, 0.29) is 6.61 Å². The summed E-state index contributed by atoms with van der Waals surface area (Å²) in [5, 5.41) is 8.34. The van der Waals surface area contributed by atoms with E-state index < -0.39 is 24.4 Å². The van der Waals surface area contributed by atoms with Gasteiger partial charge in [0, 0.05) is 6.92 Å². The van der Waals surface area contributed by atoms with Crippen LogP contribution in [0.4, 0.5) is 8.78 Å². The van der Waals surface area contributed by atoms with Gasteiger partial charge in [0.15, 0.2) is 0 Å². The number of halogens is 2. The van der Waals surface area contributed by atoms with Crippen LogP contribution in [0.2, 0.25) is 0 Å². The molecule has 0 saturated carbocycles. The monoisotopic (exact) mass is 182 g/mol. The maximum Gasteiger partial charge on any atom is 0.308 e. The topological polar surface area (TPSA) is 46.5 Å². The second-order valence-electron chi connectivity index (χ2n) is 2.82. The Balaban J connectivity index is 3.51. The van der Waals surface area contributed by atoms with Crippen molar-refractivity contribution in [3.8, 4) is 0 Å². The molecule has 12 heavy (non-hydrogen) atoms. The van der Waals surface area contributed by atoms with Gasteiger partial charge in [0.05, 0.1) is 12.5 Å². The van der Waals surface area contributed by atoms with Crippen molar-refractivity contribution < 1.29 is 23.4 Å². The molecule has 0 fully saturated rings. The molecule has 0 bridgehead atoms. The summed E-state index contributed by atoms with van der Waals surface area (Å²) in [4.78, 5) is 10.2. The molecule has 0 aromatic rings. The molecular formula is C7H12F2O3. The van der Waals surface area contributed by atoms with Crippen molar-refractivity contribution >= 4 is 5.97 Å². The van der Waals surface area contributed by atoms with Crippen molar-refractivity contribution in [1.29, 1.82) is 0 Å². The Morgan fingerprint density at radius 3 is 2.50 bits per heavy atom. The average molecular weight is 182 g/mol. The lowest BCUT2D eigenvalue weighted by molar-refractivity contribution is -0.145. The molecule has 0 rings (SSSR count).